The number of anilines is 3. The van der Waals surface area contributed by atoms with E-state index in [4.69, 9.17) is 0 Å². The van der Waals surface area contributed by atoms with Gasteiger partial charge >= 0.3 is 0 Å². The molecular weight excluding hydrogens is 559 g/mol. The van der Waals surface area contributed by atoms with Gasteiger partial charge in [-0.25, -0.2) is 0 Å². The third kappa shape index (κ3) is 3.79. The van der Waals surface area contributed by atoms with Crippen LogP contribution in [0.1, 0.15) is 5.56 Å². The van der Waals surface area contributed by atoms with E-state index >= 15 is 0 Å². The molecule has 9 rings (SSSR count). The first-order valence-corrected chi connectivity index (χ1v) is 18.9. The van der Waals surface area contributed by atoms with Gasteiger partial charge in [-0.2, -0.15) is 0 Å². The van der Waals surface area contributed by atoms with Crippen LogP contribution in [-0.4, -0.2) is 8.07 Å². The topological polar surface area (TPSA) is 3.24 Å². The highest BCUT2D eigenvalue weighted by molar-refractivity contribution is 7.05. The van der Waals surface area contributed by atoms with Crippen molar-refractivity contribution in [2.24, 2.45) is 0 Å². The fraction of sp³-hybridized carbons (Fsp3) is 0.0698. The third-order valence-corrected chi connectivity index (χ3v) is 13.5. The van der Waals surface area contributed by atoms with E-state index in [1.54, 1.807) is 5.19 Å². The Bertz CT molecular complexity index is 2350. The quantitative estimate of drug-likeness (QED) is 0.145. The van der Waals surface area contributed by atoms with E-state index in [1.807, 2.05) is 0 Å². The number of fused-ring (bicyclic) bond motifs is 5. The van der Waals surface area contributed by atoms with Crippen molar-refractivity contribution in [2.75, 3.05) is 4.90 Å². The Kier molecular flexibility index (Phi) is 5.63. The van der Waals surface area contributed by atoms with Crippen LogP contribution >= 0.6 is 0 Å². The lowest BCUT2D eigenvalue weighted by atomic mass is 9.85. The highest BCUT2D eigenvalue weighted by Crippen LogP contribution is 2.46. The first kappa shape index (κ1) is 26.2. The van der Waals surface area contributed by atoms with E-state index in [-0.39, 0.29) is 0 Å². The second-order valence-electron chi connectivity index (χ2n) is 13.0. The summed E-state index contributed by atoms with van der Waals surface area (Å²) in [6, 6.07) is 54.1. The zero-order chi connectivity index (χ0) is 30.3. The summed E-state index contributed by atoms with van der Waals surface area (Å²) in [6.07, 6.45) is 0. The summed E-state index contributed by atoms with van der Waals surface area (Å²) < 4.78 is 0. The fourth-order valence-corrected chi connectivity index (χ4v) is 11.4. The number of para-hydroxylation sites is 2. The molecule has 0 saturated carbocycles. The molecule has 8 aromatic carbocycles. The Labute approximate surface area is 265 Å². The Morgan fingerprint density at radius 1 is 0.489 bits per heavy atom. The molecule has 2 heteroatoms. The Hall–Kier alpha value is -5.18. The molecule has 1 nitrogen and oxygen atoms in total. The van der Waals surface area contributed by atoms with Gasteiger partial charge in [0.25, 0.3) is 0 Å². The minimum Gasteiger partial charge on any atom is -0.311 e. The minimum absolute atomic E-state index is 1.17. The number of hydrogen-bond donors (Lipinski definition) is 0. The fourth-order valence-electron chi connectivity index (χ4n) is 7.98. The Balaban J connectivity index is 1.33. The summed E-state index contributed by atoms with van der Waals surface area (Å²) in [4.78, 5) is 2.39. The SMILES string of the molecule is Cc1ccc(-c2cc3cccc4c5c(c6cccc2c6c34)[Si](C)(C)c2cc(N(c3ccccc3)c3ccccc3)ccc2-5)cc1. The molecule has 0 atom stereocenters. The van der Waals surface area contributed by atoms with E-state index in [2.05, 4.69) is 171 Å². The average Bonchev–Trinajstić information content (AvgIpc) is 3.32. The van der Waals surface area contributed by atoms with Crippen molar-refractivity contribution in [3.63, 3.8) is 0 Å². The minimum atomic E-state index is -2.11. The molecule has 0 spiro atoms. The van der Waals surface area contributed by atoms with Gasteiger partial charge in [0.15, 0.2) is 0 Å². The van der Waals surface area contributed by atoms with Gasteiger partial charge in [-0.05, 0) is 114 Å². The van der Waals surface area contributed by atoms with Crippen LogP contribution in [0.5, 0.6) is 0 Å². The molecule has 1 heterocycles. The lowest BCUT2D eigenvalue weighted by Gasteiger charge is -2.27. The van der Waals surface area contributed by atoms with Crippen LogP contribution < -0.4 is 15.3 Å². The monoisotopic (exact) mass is 591 g/mol. The molecule has 0 saturated heterocycles. The lowest BCUT2D eigenvalue weighted by Crippen LogP contribution is -2.49. The van der Waals surface area contributed by atoms with Crippen LogP contribution in [-0.2, 0) is 0 Å². The first-order chi connectivity index (χ1) is 22.0. The van der Waals surface area contributed by atoms with Crippen molar-refractivity contribution in [1.82, 2.24) is 0 Å². The molecular formula is C43H33NSi. The maximum Gasteiger partial charge on any atom is 0.114 e. The normalized spacial score (nSPS) is 13.4. The van der Waals surface area contributed by atoms with Crippen molar-refractivity contribution in [2.45, 2.75) is 20.0 Å². The van der Waals surface area contributed by atoms with E-state index in [9.17, 15) is 0 Å². The molecule has 0 bridgehead atoms. The van der Waals surface area contributed by atoms with Crippen molar-refractivity contribution in [1.29, 1.82) is 0 Å². The Morgan fingerprint density at radius 3 is 1.84 bits per heavy atom. The first-order valence-electron chi connectivity index (χ1n) is 15.9. The van der Waals surface area contributed by atoms with Gasteiger partial charge in [-0.3, -0.25) is 0 Å². The number of hydrogen-bond acceptors (Lipinski definition) is 1. The summed E-state index contributed by atoms with van der Waals surface area (Å²) in [5.74, 6) is 0. The molecule has 214 valence electrons. The average molecular weight is 592 g/mol. The highest BCUT2D eigenvalue weighted by atomic mass is 28.3. The standard InChI is InChI=1S/C43H33NSi/c1-28-20-22-29(23-21-28)38-26-30-12-10-18-36-40(30)41-34(38)17-11-19-37(41)43-42(36)35-25-24-33(27-39(35)45(43,2)3)44(31-13-6-4-7-14-31)32-15-8-5-9-16-32/h4-27H,1-3H3. The number of rotatable bonds is 4. The van der Waals surface area contributed by atoms with Crippen LogP contribution in [0.25, 0.3) is 54.6 Å². The van der Waals surface area contributed by atoms with Crippen LogP contribution in [0.4, 0.5) is 17.1 Å². The van der Waals surface area contributed by atoms with Gasteiger partial charge in [0, 0.05) is 17.1 Å². The molecule has 0 radical (unpaired) electrons. The lowest BCUT2D eigenvalue weighted by molar-refractivity contribution is 1.29. The van der Waals surface area contributed by atoms with E-state index in [0.717, 1.165) is 0 Å². The molecule has 0 N–H and O–H groups in total. The number of benzene rings is 8. The summed E-state index contributed by atoms with van der Waals surface area (Å²) in [7, 11) is -2.11. The van der Waals surface area contributed by atoms with Gasteiger partial charge in [-0.15, -0.1) is 0 Å². The van der Waals surface area contributed by atoms with Crippen LogP contribution in [0.2, 0.25) is 13.1 Å². The molecule has 0 amide bonds. The maximum absolute atomic E-state index is 2.56. The number of aryl methyl sites for hydroxylation is 1. The van der Waals surface area contributed by atoms with Gasteiger partial charge < -0.3 is 4.90 Å². The van der Waals surface area contributed by atoms with Crippen LogP contribution in [0.3, 0.4) is 0 Å². The van der Waals surface area contributed by atoms with Gasteiger partial charge in [0.05, 0.1) is 0 Å². The van der Waals surface area contributed by atoms with Crippen molar-refractivity contribution < 1.29 is 0 Å². The summed E-state index contributed by atoms with van der Waals surface area (Å²) >= 11 is 0. The zero-order valence-corrected chi connectivity index (χ0v) is 26.8. The second-order valence-corrected chi connectivity index (χ2v) is 17.3. The second kappa shape index (κ2) is 9.66. The molecule has 0 aromatic heterocycles. The molecule has 0 unspecified atom stereocenters. The van der Waals surface area contributed by atoms with E-state index < -0.39 is 8.07 Å². The third-order valence-electron chi connectivity index (χ3n) is 10.0. The van der Waals surface area contributed by atoms with E-state index in [0.29, 0.717) is 0 Å². The van der Waals surface area contributed by atoms with Crippen molar-refractivity contribution in [3.05, 3.63) is 151 Å². The van der Waals surface area contributed by atoms with Gasteiger partial charge in [0.2, 0.25) is 0 Å². The molecule has 8 aromatic rings. The van der Waals surface area contributed by atoms with Crippen LogP contribution in [0, 0.1) is 6.92 Å². The Morgan fingerprint density at radius 2 is 1.13 bits per heavy atom. The summed E-state index contributed by atoms with van der Waals surface area (Å²) in [5, 5.41) is 11.4. The smallest absolute Gasteiger partial charge is 0.114 e. The predicted octanol–water partition coefficient (Wildman–Crippen LogP) is 10.8. The predicted molar refractivity (Wildman–Crippen MR) is 197 cm³/mol. The van der Waals surface area contributed by atoms with Crippen LogP contribution in [0.15, 0.2) is 146 Å². The zero-order valence-electron chi connectivity index (χ0n) is 25.8. The summed E-state index contributed by atoms with van der Waals surface area (Å²) in [5.41, 5.74) is 10.3. The summed E-state index contributed by atoms with van der Waals surface area (Å²) in [6.45, 7) is 7.27. The number of nitrogens with zero attached hydrogens (tertiary/aromatic N) is 1. The van der Waals surface area contributed by atoms with Gasteiger partial charge in [0.1, 0.15) is 8.07 Å². The molecule has 45 heavy (non-hydrogen) atoms. The highest BCUT2D eigenvalue weighted by Gasteiger charge is 2.41. The molecule has 0 fully saturated rings. The molecule has 1 aliphatic rings. The largest absolute Gasteiger partial charge is 0.311 e. The van der Waals surface area contributed by atoms with Gasteiger partial charge in [-0.1, -0.05) is 122 Å². The maximum atomic E-state index is 2.56. The van der Waals surface area contributed by atoms with Crippen molar-refractivity contribution in [3.8, 4) is 22.3 Å². The molecule has 1 aliphatic heterocycles. The molecule has 0 aliphatic carbocycles. The van der Waals surface area contributed by atoms with Crippen molar-refractivity contribution >= 4 is 67.8 Å². The van der Waals surface area contributed by atoms with E-state index in [1.165, 1.54) is 82.4 Å².